The Morgan fingerprint density at radius 3 is 2.87 bits per heavy atom. The van der Waals surface area contributed by atoms with Gasteiger partial charge in [-0.15, -0.1) is 0 Å². The van der Waals surface area contributed by atoms with E-state index in [1.165, 1.54) is 12.1 Å². The first-order valence-corrected chi connectivity index (χ1v) is 5.52. The van der Waals surface area contributed by atoms with Crippen LogP contribution in [0.5, 0.6) is 0 Å². The van der Waals surface area contributed by atoms with Crippen LogP contribution in [-0.2, 0) is 0 Å². The third-order valence-electron chi connectivity index (χ3n) is 1.89. The number of nitrogens with one attached hydrogen (secondary N) is 1. The summed E-state index contributed by atoms with van der Waals surface area (Å²) in [5, 5.41) is 6.97. The maximum absolute atomic E-state index is 13.0. The van der Waals surface area contributed by atoms with Crippen LogP contribution >= 0.6 is 22.9 Å². The summed E-state index contributed by atoms with van der Waals surface area (Å²) in [6, 6.07) is 4.59. The van der Waals surface area contributed by atoms with E-state index in [0.717, 1.165) is 5.69 Å². The molecule has 0 aliphatic heterocycles. The summed E-state index contributed by atoms with van der Waals surface area (Å²) < 4.78 is 13.0. The van der Waals surface area contributed by atoms with Gasteiger partial charge >= 0.3 is 0 Å². The van der Waals surface area contributed by atoms with Crippen LogP contribution in [0.1, 0.15) is 0 Å². The Bertz CT molecular complexity index is 471. The van der Waals surface area contributed by atoms with Crippen LogP contribution in [0.4, 0.5) is 21.5 Å². The lowest BCUT2D eigenvalue weighted by Crippen LogP contribution is -1.96. The maximum Gasteiger partial charge on any atom is 0.143 e. The standard InChI is InChI=1S/C10H8ClFN2S/c11-7-3-10(9(13)4-8(7)12)14-6-1-2-15-5-6/h1-5,14H,13H2. The number of nitrogens with two attached hydrogens (primary N) is 1. The molecule has 1 heterocycles. The Morgan fingerprint density at radius 1 is 1.40 bits per heavy atom. The highest BCUT2D eigenvalue weighted by atomic mass is 35.5. The minimum Gasteiger partial charge on any atom is -0.397 e. The van der Waals surface area contributed by atoms with Crippen LogP contribution < -0.4 is 11.1 Å². The van der Waals surface area contributed by atoms with Gasteiger partial charge in [-0.25, -0.2) is 4.39 Å². The molecule has 2 aromatic rings. The molecule has 0 atom stereocenters. The van der Waals surface area contributed by atoms with Gasteiger partial charge < -0.3 is 11.1 Å². The first-order valence-electron chi connectivity index (χ1n) is 4.20. The van der Waals surface area contributed by atoms with Gasteiger partial charge in [-0.05, 0) is 17.5 Å². The number of rotatable bonds is 2. The molecule has 0 unspecified atom stereocenters. The molecule has 2 nitrogen and oxygen atoms in total. The molecule has 0 saturated heterocycles. The van der Waals surface area contributed by atoms with Crippen molar-refractivity contribution in [1.29, 1.82) is 0 Å². The first kappa shape index (κ1) is 10.3. The summed E-state index contributed by atoms with van der Waals surface area (Å²) in [5.41, 5.74) is 7.51. The van der Waals surface area contributed by atoms with Crippen molar-refractivity contribution in [2.45, 2.75) is 0 Å². The number of thiophene rings is 1. The predicted molar refractivity (Wildman–Crippen MR) is 63.4 cm³/mol. The van der Waals surface area contributed by atoms with Gasteiger partial charge in [-0.1, -0.05) is 11.6 Å². The van der Waals surface area contributed by atoms with Gasteiger partial charge in [0.25, 0.3) is 0 Å². The van der Waals surface area contributed by atoms with Crippen molar-refractivity contribution in [3.8, 4) is 0 Å². The number of hydrogen-bond acceptors (Lipinski definition) is 3. The summed E-state index contributed by atoms with van der Waals surface area (Å²) >= 11 is 7.22. The highest BCUT2D eigenvalue weighted by Crippen LogP contribution is 2.29. The van der Waals surface area contributed by atoms with Crippen LogP contribution in [0.15, 0.2) is 29.0 Å². The molecule has 0 bridgehead atoms. The molecule has 3 N–H and O–H groups in total. The van der Waals surface area contributed by atoms with Gasteiger partial charge in [-0.2, -0.15) is 11.3 Å². The lowest BCUT2D eigenvalue weighted by Gasteiger charge is -2.08. The lowest BCUT2D eigenvalue weighted by atomic mass is 10.2. The maximum atomic E-state index is 13.0. The van der Waals surface area contributed by atoms with Crippen LogP contribution in [0.25, 0.3) is 0 Å². The van der Waals surface area contributed by atoms with Crippen LogP contribution in [0, 0.1) is 5.82 Å². The fraction of sp³-hybridized carbons (Fsp3) is 0. The van der Waals surface area contributed by atoms with Crippen molar-refractivity contribution in [3.05, 3.63) is 39.8 Å². The van der Waals surface area contributed by atoms with E-state index in [1.807, 2.05) is 16.8 Å². The fourth-order valence-corrected chi connectivity index (χ4v) is 1.91. The molecule has 78 valence electrons. The summed E-state index contributed by atoms with van der Waals surface area (Å²) in [7, 11) is 0. The molecule has 0 fully saturated rings. The molecule has 1 aromatic carbocycles. The Labute approximate surface area is 95.5 Å². The topological polar surface area (TPSA) is 38.0 Å². The molecule has 15 heavy (non-hydrogen) atoms. The largest absolute Gasteiger partial charge is 0.397 e. The molecule has 0 spiro atoms. The van der Waals surface area contributed by atoms with E-state index in [2.05, 4.69) is 5.32 Å². The van der Waals surface area contributed by atoms with Gasteiger partial charge in [-0.3, -0.25) is 0 Å². The smallest absolute Gasteiger partial charge is 0.143 e. The van der Waals surface area contributed by atoms with Crippen molar-refractivity contribution in [3.63, 3.8) is 0 Å². The minimum atomic E-state index is -0.509. The Morgan fingerprint density at radius 2 is 2.20 bits per heavy atom. The van der Waals surface area contributed by atoms with Crippen molar-refractivity contribution >= 4 is 40.0 Å². The van der Waals surface area contributed by atoms with E-state index in [4.69, 9.17) is 17.3 Å². The predicted octanol–water partition coefficient (Wildman–Crippen LogP) is 3.87. The van der Waals surface area contributed by atoms with Crippen LogP contribution in [0.3, 0.4) is 0 Å². The van der Waals surface area contributed by atoms with Crippen molar-refractivity contribution in [2.75, 3.05) is 11.1 Å². The van der Waals surface area contributed by atoms with Gasteiger partial charge in [0.15, 0.2) is 0 Å². The van der Waals surface area contributed by atoms with Gasteiger partial charge in [0.2, 0.25) is 0 Å². The molecule has 2 rings (SSSR count). The zero-order valence-corrected chi connectivity index (χ0v) is 9.20. The average molecular weight is 243 g/mol. The molecular weight excluding hydrogens is 235 g/mol. The van der Waals surface area contributed by atoms with E-state index in [0.29, 0.717) is 11.4 Å². The number of nitrogen functional groups attached to an aromatic ring is 1. The first-order chi connectivity index (χ1) is 7.16. The third-order valence-corrected chi connectivity index (χ3v) is 2.87. The second kappa shape index (κ2) is 4.08. The van der Waals surface area contributed by atoms with E-state index < -0.39 is 5.82 Å². The van der Waals surface area contributed by atoms with Gasteiger partial charge in [0.05, 0.1) is 16.4 Å². The molecular formula is C10H8ClFN2S. The summed E-state index contributed by atoms with van der Waals surface area (Å²) in [6.45, 7) is 0. The average Bonchev–Trinajstić information content (AvgIpc) is 2.67. The Kier molecular flexibility index (Phi) is 2.79. The monoisotopic (exact) mass is 242 g/mol. The van der Waals surface area contributed by atoms with Crippen molar-refractivity contribution in [1.82, 2.24) is 0 Å². The highest BCUT2D eigenvalue weighted by Gasteiger charge is 2.06. The Hall–Kier alpha value is -1.26. The second-order valence-electron chi connectivity index (χ2n) is 2.99. The van der Waals surface area contributed by atoms with E-state index in [1.54, 1.807) is 11.3 Å². The molecule has 0 amide bonds. The van der Waals surface area contributed by atoms with Crippen molar-refractivity contribution < 1.29 is 4.39 Å². The van der Waals surface area contributed by atoms with E-state index in [9.17, 15) is 4.39 Å². The number of hydrogen-bond donors (Lipinski definition) is 2. The highest BCUT2D eigenvalue weighted by molar-refractivity contribution is 7.08. The summed E-state index contributed by atoms with van der Waals surface area (Å²) in [6.07, 6.45) is 0. The third kappa shape index (κ3) is 2.22. The van der Waals surface area contributed by atoms with Crippen LogP contribution in [-0.4, -0.2) is 0 Å². The van der Waals surface area contributed by atoms with Crippen LogP contribution in [0.2, 0.25) is 5.02 Å². The number of benzene rings is 1. The molecule has 5 heteroatoms. The lowest BCUT2D eigenvalue weighted by molar-refractivity contribution is 0.629. The number of halogens is 2. The summed E-state index contributed by atoms with van der Waals surface area (Å²) in [5.74, 6) is -0.509. The minimum absolute atomic E-state index is 0.0573. The Balaban J connectivity index is 2.33. The quantitative estimate of drug-likeness (QED) is 0.785. The molecule has 0 radical (unpaired) electrons. The van der Waals surface area contributed by atoms with E-state index in [-0.39, 0.29) is 5.02 Å². The van der Waals surface area contributed by atoms with E-state index >= 15 is 0 Å². The number of anilines is 3. The van der Waals surface area contributed by atoms with Crippen molar-refractivity contribution in [2.24, 2.45) is 0 Å². The zero-order chi connectivity index (χ0) is 10.8. The summed E-state index contributed by atoms with van der Waals surface area (Å²) in [4.78, 5) is 0. The fourth-order valence-electron chi connectivity index (χ4n) is 1.16. The van der Waals surface area contributed by atoms with Gasteiger partial charge in [0, 0.05) is 17.1 Å². The molecule has 0 aliphatic rings. The zero-order valence-electron chi connectivity index (χ0n) is 7.63. The normalized spacial score (nSPS) is 10.3. The van der Waals surface area contributed by atoms with Gasteiger partial charge in [0.1, 0.15) is 5.82 Å². The second-order valence-corrected chi connectivity index (χ2v) is 4.18. The SMILES string of the molecule is Nc1cc(F)c(Cl)cc1Nc1ccsc1. The molecule has 0 saturated carbocycles. The molecule has 1 aromatic heterocycles. The molecule has 0 aliphatic carbocycles.